The highest BCUT2D eigenvalue weighted by atomic mass is 19.1. The molecule has 232 valence electrons. The number of piperazine rings is 1. The van der Waals surface area contributed by atoms with Crippen LogP contribution in [0.25, 0.3) is 22.3 Å². The molecule has 44 heavy (non-hydrogen) atoms. The molecular weight excluding hydrogens is 565 g/mol. The van der Waals surface area contributed by atoms with Gasteiger partial charge in [-0.1, -0.05) is 32.6 Å². The molecule has 3 aromatic rings. The van der Waals surface area contributed by atoms with E-state index < -0.39 is 11.5 Å². The van der Waals surface area contributed by atoms with Crippen LogP contribution in [-0.2, 0) is 4.79 Å². The first kappa shape index (κ1) is 30.8. The molecule has 0 saturated carbocycles. The molecule has 1 saturated heterocycles. The highest BCUT2D eigenvalue weighted by Crippen LogP contribution is 2.35. The van der Waals surface area contributed by atoms with Crippen LogP contribution in [0.1, 0.15) is 64.8 Å². The van der Waals surface area contributed by atoms with Crippen LogP contribution in [0.15, 0.2) is 52.3 Å². The third-order valence-corrected chi connectivity index (χ3v) is 7.92. The predicted molar refractivity (Wildman–Crippen MR) is 166 cm³/mol. The van der Waals surface area contributed by atoms with Crippen molar-refractivity contribution in [2.45, 2.75) is 65.5 Å². The number of hydrogen-bond donors (Lipinski definition) is 1. The van der Waals surface area contributed by atoms with Crippen LogP contribution in [0, 0.1) is 5.82 Å². The van der Waals surface area contributed by atoms with Crippen LogP contribution in [0.4, 0.5) is 10.2 Å². The molecule has 0 aliphatic carbocycles. The van der Waals surface area contributed by atoms with Gasteiger partial charge in [-0.25, -0.2) is 18.7 Å². The van der Waals surface area contributed by atoms with E-state index in [4.69, 9.17) is 9.72 Å². The number of anilines is 1. The van der Waals surface area contributed by atoms with Gasteiger partial charge in [0.15, 0.2) is 5.65 Å². The first-order chi connectivity index (χ1) is 21.2. The molecule has 0 radical (unpaired) electrons. The van der Waals surface area contributed by atoms with E-state index in [0.29, 0.717) is 73.0 Å². The minimum absolute atomic E-state index is 0.0550. The summed E-state index contributed by atoms with van der Waals surface area (Å²) in [6.07, 6.45) is 5.44. The van der Waals surface area contributed by atoms with E-state index in [0.717, 1.165) is 0 Å². The van der Waals surface area contributed by atoms with Gasteiger partial charge in [-0.15, -0.1) is 5.11 Å². The van der Waals surface area contributed by atoms with Crippen molar-refractivity contribution in [2.24, 2.45) is 10.3 Å². The molecular formula is C31H38FN9O3. The van der Waals surface area contributed by atoms with Crippen molar-refractivity contribution >= 4 is 28.3 Å². The summed E-state index contributed by atoms with van der Waals surface area (Å²) in [5.41, 5.74) is 4.08. The Morgan fingerprint density at radius 3 is 2.77 bits per heavy atom. The largest absolute Gasteiger partial charge is 0.491 e. The van der Waals surface area contributed by atoms with Crippen LogP contribution in [0.3, 0.4) is 0 Å². The van der Waals surface area contributed by atoms with Crippen molar-refractivity contribution in [1.82, 2.24) is 29.8 Å². The van der Waals surface area contributed by atoms with Gasteiger partial charge in [-0.05, 0) is 38.3 Å². The quantitative estimate of drug-likeness (QED) is 0.431. The monoisotopic (exact) mass is 603 g/mol. The molecule has 3 aromatic heterocycles. The van der Waals surface area contributed by atoms with Crippen LogP contribution >= 0.6 is 0 Å². The van der Waals surface area contributed by atoms with Gasteiger partial charge < -0.3 is 14.5 Å². The van der Waals surface area contributed by atoms with E-state index in [1.54, 1.807) is 17.2 Å². The molecule has 5 rings (SSSR count). The van der Waals surface area contributed by atoms with Crippen LogP contribution in [0.5, 0.6) is 5.75 Å². The fourth-order valence-electron chi connectivity index (χ4n) is 5.66. The van der Waals surface area contributed by atoms with Crippen LogP contribution < -0.4 is 20.8 Å². The summed E-state index contributed by atoms with van der Waals surface area (Å²) in [6.45, 7) is 14.9. The average molecular weight is 604 g/mol. The summed E-state index contributed by atoms with van der Waals surface area (Å²) >= 11 is 0. The summed E-state index contributed by atoms with van der Waals surface area (Å²) in [5, 5.41) is 8.40. The second-order valence-electron chi connectivity index (χ2n) is 11.3. The third-order valence-electron chi connectivity index (χ3n) is 7.92. The SMILES string of the molecule is C=CC(=O)N1C[C@H](C)N(c2nc(=O)n3c4nc(c(F)cc24)/C(CC)=C/N=N\NCCCOc2ccnc(C(C)C)c2-3)C[C@H]1C. The van der Waals surface area contributed by atoms with Gasteiger partial charge >= 0.3 is 5.69 Å². The third kappa shape index (κ3) is 5.78. The predicted octanol–water partition coefficient (Wildman–Crippen LogP) is 4.54. The number of aromatic nitrogens is 4. The lowest BCUT2D eigenvalue weighted by Gasteiger charge is -2.44. The number of pyridine rings is 2. The molecule has 2 bridgehead atoms. The van der Waals surface area contributed by atoms with E-state index in [1.807, 2.05) is 39.5 Å². The maximum atomic E-state index is 16.0. The van der Waals surface area contributed by atoms with Crippen molar-refractivity contribution < 1.29 is 13.9 Å². The Morgan fingerprint density at radius 2 is 2.05 bits per heavy atom. The van der Waals surface area contributed by atoms with Gasteiger partial charge in [0.05, 0.1) is 23.9 Å². The van der Waals surface area contributed by atoms with E-state index in [1.165, 1.54) is 22.9 Å². The molecule has 0 aromatic carbocycles. The fourth-order valence-corrected chi connectivity index (χ4v) is 5.66. The number of fused-ring (bicyclic) bond motifs is 3. The lowest BCUT2D eigenvalue weighted by atomic mass is 10.1. The van der Waals surface area contributed by atoms with Crippen LogP contribution in [-0.4, -0.2) is 68.7 Å². The number of allylic oxidation sites excluding steroid dienone is 1. The number of ether oxygens (including phenoxy) is 1. The van der Waals surface area contributed by atoms with Crippen molar-refractivity contribution in [3.63, 3.8) is 0 Å². The van der Waals surface area contributed by atoms with Crippen molar-refractivity contribution in [1.29, 1.82) is 0 Å². The molecule has 12 nitrogen and oxygen atoms in total. The Kier molecular flexibility index (Phi) is 9.02. The molecule has 2 aliphatic rings. The normalized spacial score (nSPS) is 21.0. The molecule has 1 amide bonds. The highest BCUT2D eigenvalue weighted by molar-refractivity contribution is 5.91. The zero-order chi connectivity index (χ0) is 31.5. The van der Waals surface area contributed by atoms with Crippen molar-refractivity contribution in [3.05, 3.63) is 64.9 Å². The second kappa shape index (κ2) is 12.9. The number of carbonyl (C=O) groups excluding carboxylic acids is 1. The van der Waals surface area contributed by atoms with Gasteiger partial charge in [-0.3, -0.25) is 15.2 Å². The number of nitrogens with one attached hydrogen (secondary N) is 1. The Hall–Kier alpha value is -4.68. The lowest BCUT2D eigenvalue weighted by molar-refractivity contribution is -0.128. The van der Waals surface area contributed by atoms with Crippen LogP contribution in [0.2, 0.25) is 0 Å². The zero-order valence-corrected chi connectivity index (χ0v) is 25.7. The minimum atomic E-state index is -0.602. The summed E-state index contributed by atoms with van der Waals surface area (Å²) in [6, 6.07) is 2.65. The number of amides is 1. The van der Waals surface area contributed by atoms with E-state index >= 15 is 4.39 Å². The topological polar surface area (TPSA) is 130 Å². The lowest BCUT2D eigenvalue weighted by Crippen LogP contribution is -2.58. The molecule has 1 fully saturated rings. The summed E-state index contributed by atoms with van der Waals surface area (Å²) < 4.78 is 23.6. The summed E-state index contributed by atoms with van der Waals surface area (Å²) in [4.78, 5) is 44.4. The Balaban J connectivity index is 1.83. The van der Waals surface area contributed by atoms with Gasteiger partial charge in [0, 0.05) is 56.0 Å². The van der Waals surface area contributed by atoms with Gasteiger partial charge in [0.1, 0.15) is 28.8 Å². The number of halogens is 1. The zero-order valence-electron chi connectivity index (χ0n) is 25.7. The molecule has 0 unspecified atom stereocenters. The van der Waals surface area contributed by atoms with Gasteiger partial charge in [-0.2, -0.15) is 4.98 Å². The average Bonchev–Trinajstić information content (AvgIpc) is 3.01. The maximum Gasteiger partial charge on any atom is 0.356 e. The maximum absolute atomic E-state index is 16.0. The Labute approximate surface area is 255 Å². The number of rotatable bonds is 4. The molecule has 13 heteroatoms. The molecule has 0 spiro atoms. The Bertz CT molecular complexity index is 1700. The fraction of sp³-hybridized carbons (Fsp3) is 0.452. The second-order valence-corrected chi connectivity index (χ2v) is 11.3. The molecule has 2 atom stereocenters. The number of nitrogens with zero attached hydrogens (tertiary/aromatic N) is 8. The standard InChI is InChI=1S/C31H38FN9O3/c1-7-21-15-35-38-34-11-9-13-44-24-10-12-33-26(18(3)4)28(24)41-30-22(14-23(32)27(21)36-30)29(37-31(41)43)40-17-19(5)39(16-20(40)6)25(42)8-2/h8,10,12,14-15,18-20H,2,7,9,11,13,16-17H2,1,3-6H3,(H,34,35)/b21-15+/t19-,20+/m1/s1. The van der Waals surface area contributed by atoms with Crippen molar-refractivity contribution in [2.75, 3.05) is 31.1 Å². The Morgan fingerprint density at radius 1 is 1.25 bits per heavy atom. The summed E-state index contributed by atoms with van der Waals surface area (Å²) in [7, 11) is 0. The molecule has 5 heterocycles. The van der Waals surface area contributed by atoms with E-state index in [2.05, 4.69) is 32.3 Å². The smallest absolute Gasteiger partial charge is 0.356 e. The van der Waals surface area contributed by atoms with Gasteiger partial charge in [0.25, 0.3) is 0 Å². The number of carbonyl (C=O) groups is 1. The number of hydrogen-bond acceptors (Lipinski definition) is 10. The highest BCUT2D eigenvalue weighted by Gasteiger charge is 2.34. The minimum Gasteiger partial charge on any atom is -0.491 e. The molecule has 1 N–H and O–H groups in total. The van der Waals surface area contributed by atoms with E-state index in [-0.39, 0.29) is 35.2 Å². The first-order valence-corrected chi connectivity index (χ1v) is 14.9. The van der Waals surface area contributed by atoms with E-state index in [9.17, 15) is 9.59 Å². The van der Waals surface area contributed by atoms with Gasteiger partial charge in [0.2, 0.25) is 5.91 Å². The summed E-state index contributed by atoms with van der Waals surface area (Å²) in [5.74, 6) is -0.102. The molecule has 2 aliphatic heterocycles. The van der Waals surface area contributed by atoms with Crippen molar-refractivity contribution in [3.8, 4) is 11.4 Å². The first-order valence-electron chi connectivity index (χ1n) is 14.9.